The van der Waals surface area contributed by atoms with Gasteiger partial charge in [0.2, 0.25) is 0 Å². The van der Waals surface area contributed by atoms with Gasteiger partial charge < -0.3 is 5.32 Å². The Hall–Kier alpha value is -1.10. The Balaban J connectivity index is 2.05. The van der Waals surface area contributed by atoms with Gasteiger partial charge >= 0.3 is 0 Å². The molecule has 0 aliphatic heterocycles. The third-order valence-electron chi connectivity index (χ3n) is 3.62. The normalized spacial score (nSPS) is 17.5. The Morgan fingerprint density at radius 2 is 1.79 bits per heavy atom. The topological polar surface area (TPSA) is 55.2 Å². The van der Waals surface area contributed by atoms with E-state index in [1.54, 1.807) is 12.1 Å². The number of nitrogens with zero attached hydrogens (tertiary/aromatic N) is 1. The van der Waals surface area contributed by atoms with Crippen molar-refractivity contribution in [3.8, 4) is 0 Å². The second-order valence-electron chi connectivity index (χ2n) is 5.11. The molecule has 0 aromatic heterocycles. The summed E-state index contributed by atoms with van der Waals surface area (Å²) in [6.07, 6.45) is 8.76. The summed E-state index contributed by atoms with van der Waals surface area (Å²) in [6, 6.07) is 5.70. The van der Waals surface area contributed by atoms with E-state index in [0.717, 1.165) is 18.5 Å². The first-order valence-electron chi connectivity index (χ1n) is 6.87. The van der Waals surface area contributed by atoms with Gasteiger partial charge in [-0.15, -0.1) is 0 Å². The summed E-state index contributed by atoms with van der Waals surface area (Å²) >= 11 is 3.21. The fourth-order valence-corrected chi connectivity index (χ4v) is 2.97. The fourth-order valence-electron chi connectivity index (χ4n) is 2.58. The first kappa shape index (κ1) is 14.3. The minimum absolute atomic E-state index is 0.121. The van der Waals surface area contributed by atoms with E-state index in [-0.39, 0.29) is 10.6 Å². The van der Waals surface area contributed by atoms with Gasteiger partial charge in [0.25, 0.3) is 5.69 Å². The Labute approximate surface area is 121 Å². The zero-order chi connectivity index (χ0) is 13.7. The third kappa shape index (κ3) is 4.20. The van der Waals surface area contributed by atoms with Gasteiger partial charge in [-0.05, 0) is 40.9 Å². The van der Waals surface area contributed by atoms with Gasteiger partial charge in [-0.25, -0.2) is 0 Å². The van der Waals surface area contributed by atoms with Crippen molar-refractivity contribution in [3.63, 3.8) is 0 Å². The van der Waals surface area contributed by atoms with E-state index in [1.165, 1.54) is 32.1 Å². The minimum atomic E-state index is -0.354. The molecule has 0 radical (unpaired) electrons. The molecule has 1 saturated carbocycles. The van der Waals surface area contributed by atoms with Crippen LogP contribution >= 0.6 is 15.9 Å². The van der Waals surface area contributed by atoms with E-state index in [9.17, 15) is 10.1 Å². The number of nitro benzene ring substituents is 1. The van der Waals surface area contributed by atoms with Crippen molar-refractivity contribution in [1.29, 1.82) is 0 Å². The Morgan fingerprint density at radius 3 is 2.42 bits per heavy atom. The average molecular weight is 327 g/mol. The molecule has 19 heavy (non-hydrogen) atoms. The van der Waals surface area contributed by atoms with Crippen molar-refractivity contribution in [2.75, 3.05) is 5.32 Å². The van der Waals surface area contributed by atoms with Gasteiger partial charge in [0.05, 0.1) is 9.40 Å². The standard InChI is InChI=1S/C14H19BrN2O2/c15-13-9-8-12(10-14(13)17(18)19)16-11-6-4-2-1-3-5-7-11/h8-11,16H,1-7H2. The lowest BCUT2D eigenvalue weighted by Crippen LogP contribution is -2.20. The fraction of sp³-hybridized carbons (Fsp3) is 0.571. The maximum Gasteiger partial charge on any atom is 0.285 e. The van der Waals surface area contributed by atoms with E-state index < -0.39 is 0 Å². The lowest BCUT2D eigenvalue weighted by atomic mass is 9.96. The minimum Gasteiger partial charge on any atom is -0.382 e. The molecule has 104 valence electrons. The van der Waals surface area contributed by atoms with E-state index in [4.69, 9.17) is 0 Å². The summed E-state index contributed by atoms with van der Waals surface area (Å²) < 4.78 is 0.528. The van der Waals surface area contributed by atoms with Crippen LogP contribution in [0.25, 0.3) is 0 Å². The van der Waals surface area contributed by atoms with Crippen LogP contribution in [0, 0.1) is 10.1 Å². The number of anilines is 1. The van der Waals surface area contributed by atoms with Crippen LogP contribution in [0.5, 0.6) is 0 Å². The smallest absolute Gasteiger partial charge is 0.285 e. The molecule has 5 heteroatoms. The molecule has 4 nitrogen and oxygen atoms in total. The van der Waals surface area contributed by atoms with Gasteiger partial charge in [-0.2, -0.15) is 0 Å². The Bertz CT molecular complexity index is 443. The van der Waals surface area contributed by atoms with Crippen molar-refractivity contribution in [3.05, 3.63) is 32.8 Å². The molecular formula is C14H19BrN2O2. The molecule has 1 aliphatic carbocycles. The highest BCUT2D eigenvalue weighted by Gasteiger charge is 2.15. The number of nitro groups is 1. The lowest BCUT2D eigenvalue weighted by Gasteiger charge is -2.22. The summed E-state index contributed by atoms with van der Waals surface area (Å²) in [5, 5.41) is 14.4. The van der Waals surface area contributed by atoms with Crippen molar-refractivity contribution < 1.29 is 4.92 Å². The second kappa shape index (κ2) is 6.89. The molecule has 0 amide bonds. The molecule has 1 aromatic carbocycles. The van der Waals surface area contributed by atoms with E-state index in [2.05, 4.69) is 21.2 Å². The number of hydrogen-bond donors (Lipinski definition) is 1. The Kier molecular flexibility index (Phi) is 5.19. The molecule has 1 fully saturated rings. The van der Waals surface area contributed by atoms with Crippen LogP contribution in [-0.2, 0) is 0 Å². The maximum absolute atomic E-state index is 10.9. The van der Waals surface area contributed by atoms with Gasteiger partial charge in [0.1, 0.15) is 0 Å². The van der Waals surface area contributed by atoms with Crippen LogP contribution in [0.2, 0.25) is 0 Å². The highest BCUT2D eigenvalue weighted by Crippen LogP contribution is 2.29. The predicted molar refractivity (Wildman–Crippen MR) is 80.5 cm³/mol. The second-order valence-corrected chi connectivity index (χ2v) is 5.96. The number of hydrogen-bond acceptors (Lipinski definition) is 3. The molecule has 1 aliphatic rings. The molecule has 0 unspecified atom stereocenters. The van der Waals surface area contributed by atoms with Gasteiger partial charge in [0, 0.05) is 17.8 Å². The van der Waals surface area contributed by atoms with Crippen molar-refractivity contribution in [2.24, 2.45) is 0 Å². The molecule has 0 bridgehead atoms. The molecule has 0 spiro atoms. The zero-order valence-electron chi connectivity index (χ0n) is 10.9. The van der Waals surface area contributed by atoms with Crippen molar-refractivity contribution in [1.82, 2.24) is 0 Å². The summed E-state index contributed by atoms with van der Waals surface area (Å²) in [6.45, 7) is 0. The average Bonchev–Trinajstić information content (AvgIpc) is 2.34. The molecule has 0 atom stereocenters. The lowest BCUT2D eigenvalue weighted by molar-refractivity contribution is -0.385. The van der Waals surface area contributed by atoms with E-state index in [1.807, 2.05) is 6.07 Å². The van der Waals surface area contributed by atoms with E-state index in [0.29, 0.717) is 10.5 Å². The van der Waals surface area contributed by atoms with Crippen LogP contribution in [0.3, 0.4) is 0 Å². The quantitative estimate of drug-likeness (QED) is 0.636. The van der Waals surface area contributed by atoms with Crippen LogP contribution in [0.1, 0.15) is 44.9 Å². The monoisotopic (exact) mass is 326 g/mol. The molecule has 1 aromatic rings. The van der Waals surface area contributed by atoms with Crippen molar-refractivity contribution >= 4 is 27.3 Å². The van der Waals surface area contributed by atoms with Crippen LogP contribution in [0.15, 0.2) is 22.7 Å². The first-order chi connectivity index (χ1) is 9.16. The maximum atomic E-state index is 10.9. The summed E-state index contributed by atoms with van der Waals surface area (Å²) in [5.74, 6) is 0. The molecule has 1 N–H and O–H groups in total. The van der Waals surface area contributed by atoms with Crippen LogP contribution in [0.4, 0.5) is 11.4 Å². The summed E-state index contributed by atoms with van der Waals surface area (Å²) in [4.78, 5) is 10.6. The zero-order valence-corrected chi connectivity index (χ0v) is 12.5. The molecule has 0 heterocycles. The summed E-state index contributed by atoms with van der Waals surface area (Å²) in [7, 11) is 0. The summed E-state index contributed by atoms with van der Waals surface area (Å²) in [5.41, 5.74) is 0.969. The number of benzene rings is 1. The van der Waals surface area contributed by atoms with E-state index >= 15 is 0 Å². The SMILES string of the molecule is O=[N+]([O-])c1cc(NC2CCCCCCC2)ccc1Br. The van der Waals surface area contributed by atoms with Crippen LogP contribution < -0.4 is 5.32 Å². The van der Waals surface area contributed by atoms with Crippen molar-refractivity contribution in [2.45, 2.75) is 51.0 Å². The number of rotatable bonds is 3. The molecule has 2 rings (SSSR count). The Morgan fingerprint density at radius 1 is 1.16 bits per heavy atom. The van der Waals surface area contributed by atoms with Gasteiger partial charge in [-0.3, -0.25) is 10.1 Å². The highest BCUT2D eigenvalue weighted by atomic mass is 79.9. The van der Waals surface area contributed by atoms with Gasteiger partial charge in [-0.1, -0.05) is 32.1 Å². The third-order valence-corrected chi connectivity index (χ3v) is 4.29. The predicted octanol–water partition coefficient (Wildman–Crippen LogP) is 4.88. The largest absolute Gasteiger partial charge is 0.382 e. The highest BCUT2D eigenvalue weighted by molar-refractivity contribution is 9.10. The van der Waals surface area contributed by atoms with Crippen LogP contribution in [-0.4, -0.2) is 11.0 Å². The molecular weight excluding hydrogens is 308 g/mol. The first-order valence-corrected chi connectivity index (χ1v) is 7.66. The number of halogens is 1. The molecule has 0 saturated heterocycles. The number of nitrogens with one attached hydrogen (secondary N) is 1. The van der Waals surface area contributed by atoms with Gasteiger partial charge in [0.15, 0.2) is 0 Å².